The summed E-state index contributed by atoms with van der Waals surface area (Å²) in [7, 11) is 3.30. The van der Waals surface area contributed by atoms with Gasteiger partial charge in [0.15, 0.2) is 11.5 Å². The molecule has 1 fully saturated rings. The van der Waals surface area contributed by atoms with Crippen LogP contribution in [0.3, 0.4) is 0 Å². The number of hydrogen-bond donors (Lipinski definition) is 0. The Bertz CT molecular complexity index is 907. The summed E-state index contributed by atoms with van der Waals surface area (Å²) in [6, 6.07) is 11.8. The summed E-state index contributed by atoms with van der Waals surface area (Å²) < 4.78 is 11.1. The maximum absolute atomic E-state index is 13.3. The van der Waals surface area contributed by atoms with E-state index in [1.165, 1.54) is 31.2 Å². The van der Waals surface area contributed by atoms with Gasteiger partial charge in [0.1, 0.15) is 0 Å². The van der Waals surface area contributed by atoms with E-state index in [-0.39, 0.29) is 11.9 Å². The van der Waals surface area contributed by atoms with Crippen molar-refractivity contribution in [1.82, 2.24) is 4.90 Å². The van der Waals surface area contributed by atoms with Gasteiger partial charge >= 0.3 is 0 Å². The summed E-state index contributed by atoms with van der Waals surface area (Å²) in [5.74, 6) is 2.35. The van der Waals surface area contributed by atoms with Crippen molar-refractivity contribution in [1.29, 1.82) is 0 Å². The number of carbonyl (C=O) groups excluding carboxylic acids is 1. The second-order valence-electron chi connectivity index (χ2n) is 8.39. The van der Waals surface area contributed by atoms with Gasteiger partial charge in [-0.2, -0.15) is 0 Å². The van der Waals surface area contributed by atoms with E-state index in [9.17, 15) is 4.79 Å². The smallest absolute Gasteiger partial charge is 0.223 e. The van der Waals surface area contributed by atoms with Crippen molar-refractivity contribution >= 4 is 17.5 Å². The Morgan fingerprint density at radius 2 is 1.83 bits per heavy atom. The quantitative estimate of drug-likeness (QED) is 0.584. The lowest BCUT2D eigenvalue weighted by Crippen LogP contribution is -2.40. The molecule has 4 rings (SSSR count). The molecular weight excluding hydrogens is 398 g/mol. The first-order valence-electron chi connectivity index (χ1n) is 10.9. The van der Waals surface area contributed by atoms with Gasteiger partial charge in [-0.15, -0.1) is 0 Å². The van der Waals surface area contributed by atoms with Gasteiger partial charge in [-0.25, -0.2) is 0 Å². The minimum absolute atomic E-state index is 0.164. The first kappa shape index (κ1) is 21.0. The average Bonchev–Trinajstić information content (AvgIpc) is 3.29. The van der Waals surface area contributed by atoms with Crippen LogP contribution in [-0.4, -0.2) is 31.6 Å². The normalized spacial score (nSPS) is 18.9. The van der Waals surface area contributed by atoms with Crippen molar-refractivity contribution in [2.24, 2.45) is 5.92 Å². The van der Waals surface area contributed by atoms with Crippen molar-refractivity contribution in [3.05, 3.63) is 58.1 Å². The first-order chi connectivity index (χ1) is 14.6. The standard InChI is InChI=1S/C25H30ClNO3/c1-29-22-15-18-12-13-27(24(28)11-10-17-6-3-4-7-17)25(21(18)16-23(22)30-2)19-8-5-9-20(26)14-19/h5,8-9,14-17,25H,3-4,6-7,10-13H2,1-2H3/t25-/m1/s1. The van der Waals surface area contributed by atoms with Crippen LogP contribution in [0, 0.1) is 5.92 Å². The molecule has 0 spiro atoms. The molecular formula is C25H30ClNO3. The monoisotopic (exact) mass is 427 g/mol. The molecule has 0 bridgehead atoms. The lowest BCUT2D eigenvalue weighted by molar-refractivity contribution is -0.133. The number of amides is 1. The number of rotatable bonds is 6. The summed E-state index contributed by atoms with van der Waals surface area (Å²) in [4.78, 5) is 15.4. The topological polar surface area (TPSA) is 38.8 Å². The van der Waals surface area contributed by atoms with E-state index in [4.69, 9.17) is 21.1 Å². The van der Waals surface area contributed by atoms with Crippen LogP contribution >= 0.6 is 11.6 Å². The number of ether oxygens (including phenoxy) is 2. The fourth-order valence-corrected chi connectivity index (χ4v) is 5.22. The van der Waals surface area contributed by atoms with E-state index in [2.05, 4.69) is 6.07 Å². The van der Waals surface area contributed by atoms with Crippen molar-refractivity contribution in [2.75, 3.05) is 20.8 Å². The van der Waals surface area contributed by atoms with Crippen LogP contribution in [0.1, 0.15) is 61.3 Å². The average molecular weight is 428 g/mol. The van der Waals surface area contributed by atoms with Gasteiger partial charge in [-0.05, 0) is 59.7 Å². The summed E-state index contributed by atoms with van der Waals surface area (Å²) in [5, 5.41) is 0.679. The van der Waals surface area contributed by atoms with Crippen LogP contribution in [0.2, 0.25) is 5.02 Å². The van der Waals surface area contributed by atoms with Gasteiger partial charge in [-0.1, -0.05) is 49.4 Å². The number of halogens is 1. The SMILES string of the molecule is COc1cc2c(cc1OC)[C@@H](c1cccc(Cl)c1)N(C(=O)CCC1CCCC1)CC2. The Hall–Kier alpha value is -2.20. The summed E-state index contributed by atoms with van der Waals surface area (Å²) >= 11 is 6.32. The van der Waals surface area contributed by atoms with E-state index in [0.29, 0.717) is 29.7 Å². The minimum Gasteiger partial charge on any atom is -0.493 e. The Labute approximate surface area is 184 Å². The van der Waals surface area contributed by atoms with Crippen LogP contribution in [0.15, 0.2) is 36.4 Å². The molecule has 2 aromatic carbocycles. The molecule has 0 radical (unpaired) electrons. The molecule has 5 heteroatoms. The van der Waals surface area contributed by atoms with Crippen LogP contribution in [0.4, 0.5) is 0 Å². The molecule has 4 nitrogen and oxygen atoms in total. The molecule has 1 aliphatic carbocycles. The molecule has 0 unspecified atom stereocenters. The Morgan fingerprint density at radius 3 is 2.53 bits per heavy atom. The molecule has 160 valence electrons. The van der Waals surface area contributed by atoms with E-state index < -0.39 is 0 Å². The zero-order valence-corrected chi connectivity index (χ0v) is 18.6. The molecule has 2 aromatic rings. The molecule has 1 amide bonds. The van der Waals surface area contributed by atoms with Crippen molar-refractivity contribution in [3.8, 4) is 11.5 Å². The van der Waals surface area contributed by atoms with E-state index >= 15 is 0 Å². The van der Waals surface area contributed by atoms with Crippen LogP contribution < -0.4 is 9.47 Å². The molecule has 0 saturated heterocycles. The maximum Gasteiger partial charge on any atom is 0.223 e. The van der Waals surface area contributed by atoms with Gasteiger partial charge < -0.3 is 14.4 Å². The van der Waals surface area contributed by atoms with Crippen molar-refractivity contribution in [3.63, 3.8) is 0 Å². The van der Waals surface area contributed by atoms with Gasteiger partial charge in [0.2, 0.25) is 5.91 Å². The summed E-state index contributed by atoms with van der Waals surface area (Å²) in [5.41, 5.74) is 3.32. The largest absolute Gasteiger partial charge is 0.493 e. The van der Waals surface area contributed by atoms with Gasteiger partial charge in [0, 0.05) is 18.0 Å². The molecule has 1 heterocycles. The number of nitrogens with zero attached hydrogens (tertiary/aromatic N) is 1. The predicted molar refractivity (Wildman–Crippen MR) is 119 cm³/mol. The van der Waals surface area contributed by atoms with E-state index in [1.54, 1.807) is 14.2 Å². The highest BCUT2D eigenvalue weighted by molar-refractivity contribution is 6.30. The lowest BCUT2D eigenvalue weighted by atomic mass is 9.87. The Kier molecular flexibility index (Phi) is 6.52. The van der Waals surface area contributed by atoms with Crippen LogP contribution in [0.25, 0.3) is 0 Å². The Morgan fingerprint density at radius 1 is 1.10 bits per heavy atom. The number of benzene rings is 2. The molecule has 1 saturated carbocycles. The maximum atomic E-state index is 13.3. The third-order valence-electron chi connectivity index (χ3n) is 6.60. The molecule has 0 N–H and O–H groups in total. The Balaban J connectivity index is 1.69. The molecule has 1 atom stereocenters. The molecule has 30 heavy (non-hydrogen) atoms. The van der Waals surface area contributed by atoms with Gasteiger partial charge in [0.05, 0.1) is 20.3 Å². The number of methoxy groups -OCH3 is 2. The number of hydrogen-bond acceptors (Lipinski definition) is 3. The van der Waals surface area contributed by atoms with E-state index in [0.717, 1.165) is 29.7 Å². The number of fused-ring (bicyclic) bond motifs is 1. The fraction of sp³-hybridized carbons (Fsp3) is 0.480. The van der Waals surface area contributed by atoms with Crippen molar-refractivity contribution < 1.29 is 14.3 Å². The minimum atomic E-state index is -0.164. The zero-order chi connectivity index (χ0) is 21.1. The third-order valence-corrected chi connectivity index (χ3v) is 6.83. The third kappa shape index (κ3) is 4.29. The highest BCUT2D eigenvalue weighted by atomic mass is 35.5. The molecule has 0 aromatic heterocycles. The second-order valence-corrected chi connectivity index (χ2v) is 8.83. The lowest BCUT2D eigenvalue weighted by Gasteiger charge is -2.38. The summed E-state index contributed by atoms with van der Waals surface area (Å²) in [6.07, 6.45) is 7.57. The second kappa shape index (κ2) is 9.30. The molecule has 1 aliphatic heterocycles. The van der Waals surface area contributed by atoms with E-state index in [1.807, 2.05) is 35.2 Å². The highest BCUT2D eigenvalue weighted by Crippen LogP contribution is 2.42. The zero-order valence-electron chi connectivity index (χ0n) is 17.8. The molecule has 2 aliphatic rings. The van der Waals surface area contributed by atoms with Crippen LogP contribution in [-0.2, 0) is 11.2 Å². The fourth-order valence-electron chi connectivity index (χ4n) is 5.02. The predicted octanol–water partition coefficient (Wildman–Crippen LogP) is 5.80. The van der Waals surface area contributed by atoms with Crippen molar-refractivity contribution in [2.45, 2.75) is 51.0 Å². The van der Waals surface area contributed by atoms with Gasteiger partial charge in [-0.3, -0.25) is 4.79 Å². The summed E-state index contributed by atoms with van der Waals surface area (Å²) in [6.45, 7) is 0.698. The van der Waals surface area contributed by atoms with Gasteiger partial charge in [0.25, 0.3) is 0 Å². The first-order valence-corrected chi connectivity index (χ1v) is 11.3. The highest BCUT2D eigenvalue weighted by Gasteiger charge is 2.33. The van der Waals surface area contributed by atoms with Crippen LogP contribution in [0.5, 0.6) is 11.5 Å². The number of carbonyl (C=O) groups is 1.